The number of anilines is 1. The third-order valence-corrected chi connectivity index (χ3v) is 5.21. The number of pyridine rings is 1. The predicted molar refractivity (Wildman–Crippen MR) is 113 cm³/mol. The monoisotopic (exact) mass is 391 g/mol. The van der Waals surface area contributed by atoms with Crippen molar-refractivity contribution in [2.75, 3.05) is 11.9 Å². The molecule has 0 radical (unpaired) electrons. The molecule has 0 bridgehead atoms. The van der Waals surface area contributed by atoms with E-state index in [1.165, 1.54) is 0 Å². The molecule has 3 heterocycles. The van der Waals surface area contributed by atoms with Crippen LogP contribution in [0.25, 0.3) is 0 Å². The Labute approximate surface area is 169 Å². The van der Waals surface area contributed by atoms with Crippen LogP contribution in [0.1, 0.15) is 23.5 Å². The van der Waals surface area contributed by atoms with Gasteiger partial charge < -0.3 is 20.1 Å². The van der Waals surface area contributed by atoms with Crippen molar-refractivity contribution in [2.24, 2.45) is 7.05 Å². The van der Waals surface area contributed by atoms with Crippen LogP contribution in [0.3, 0.4) is 0 Å². The number of thiocarbonyl (C=S) groups is 1. The first-order chi connectivity index (χ1) is 13.6. The maximum atomic E-state index is 12.7. The van der Waals surface area contributed by atoms with E-state index in [2.05, 4.69) is 26.3 Å². The van der Waals surface area contributed by atoms with Crippen LogP contribution in [-0.2, 0) is 11.8 Å². The van der Waals surface area contributed by atoms with E-state index in [1.807, 2.05) is 72.7 Å². The number of nitrogens with one attached hydrogen (secondary N) is 2. The number of para-hydroxylation sites is 1. The summed E-state index contributed by atoms with van der Waals surface area (Å²) in [6.45, 7) is 0.153. The second kappa shape index (κ2) is 7.82. The van der Waals surface area contributed by atoms with E-state index in [-0.39, 0.29) is 24.5 Å². The van der Waals surface area contributed by atoms with Crippen LogP contribution in [-0.4, -0.2) is 32.0 Å². The second-order valence-corrected chi connectivity index (χ2v) is 7.10. The van der Waals surface area contributed by atoms with Crippen LogP contribution in [0.4, 0.5) is 5.69 Å². The third kappa shape index (κ3) is 3.61. The van der Waals surface area contributed by atoms with Crippen molar-refractivity contribution in [3.8, 4) is 0 Å². The number of amides is 1. The van der Waals surface area contributed by atoms with Gasteiger partial charge in [0.1, 0.15) is 6.54 Å². The Bertz CT molecular complexity index is 973. The summed E-state index contributed by atoms with van der Waals surface area (Å²) in [6.07, 6.45) is 3.77. The van der Waals surface area contributed by atoms with Gasteiger partial charge in [-0.25, -0.2) is 0 Å². The summed E-state index contributed by atoms with van der Waals surface area (Å²) in [6, 6.07) is 19.0. The SMILES string of the molecule is Cn1cccc1[C@@H]1[C@@H](c2ccccn2)NC(=S)N1CC(=O)Nc1ccccc1. The highest BCUT2D eigenvalue weighted by Gasteiger charge is 2.41. The van der Waals surface area contributed by atoms with E-state index in [0.29, 0.717) is 5.11 Å². The highest BCUT2D eigenvalue weighted by molar-refractivity contribution is 7.80. The zero-order valence-corrected chi connectivity index (χ0v) is 16.3. The first-order valence-corrected chi connectivity index (χ1v) is 9.48. The minimum Gasteiger partial charge on any atom is -0.353 e. The molecule has 6 nitrogen and oxygen atoms in total. The predicted octanol–water partition coefficient (Wildman–Crippen LogP) is 3.03. The molecule has 28 heavy (non-hydrogen) atoms. The summed E-state index contributed by atoms with van der Waals surface area (Å²) in [5, 5.41) is 6.84. The van der Waals surface area contributed by atoms with Gasteiger partial charge in [-0.15, -0.1) is 0 Å². The van der Waals surface area contributed by atoms with Crippen molar-refractivity contribution in [3.63, 3.8) is 0 Å². The molecule has 2 N–H and O–H groups in total. The second-order valence-electron chi connectivity index (χ2n) is 6.71. The van der Waals surface area contributed by atoms with Gasteiger partial charge in [-0.1, -0.05) is 24.3 Å². The summed E-state index contributed by atoms with van der Waals surface area (Å²) in [5.41, 5.74) is 2.72. The molecule has 0 unspecified atom stereocenters. The zero-order chi connectivity index (χ0) is 19.5. The molecule has 1 aliphatic rings. The average molecular weight is 392 g/mol. The zero-order valence-electron chi connectivity index (χ0n) is 15.4. The molecule has 0 aliphatic carbocycles. The van der Waals surface area contributed by atoms with Gasteiger partial charge in [-0.3, -0.25) is 9.78 Å². The lowest BCUT2D eigenvalue weighted by atomic mass is 10.0. The van der Waals surface area contributed by atoms with Gasteiger partial charge in [-0.05, 0) is 48.6 Å². The number of carbonyl (C=O) groups excluding carboxylic acids is 1. The van der Waals surface area contributed by atoms with Crippen LogP contribution in [0.5, 0.6) is 0 Å². The van der Waals surface area contributed by atoms with E-state index in [4.69, 9.17) is 12.2 Å². The number of hydrogen-bond donors (Lipinski definition) is 2. The smallest absolute Gasteiger partial charge is 0.244 e. The molecule has 2 atom stereocenters. The van der Waals surface area contributed by atoms with Crippen LogP contribution in [0.2, 0.25) is 0 Å². The van der Waals surface area contributed by atoms with E-state index >= 15 is 0 Å². The fraction of sp³-hybridized carbons (Fsp3) is 0.190. The van der Waals surface area contributed by atoms with E-state index in [1.54, 1.807) is 6.20 Å². The van der Waals surface area contributed by atoms with Crippen molar-refractivity contribution in [1.29, 1.82) is 0 Å². The molecule has 0 spiro atoms. The highest BCUT2D eigenvalue weighted by atomic mass is 32.1. The van der Waals surface area contributed by atoms with Gasteiger partial charge in [0.15, 0.2) is 5.11 Å². The number of rotatable bonds is 5. The van der Waals surface area contributed by atoms with Crippen molar-refractivity contribution in [3.05, 3.63) is 84.4 Å². The maximum absolute atomic E-state index is 12.7. The molecule has 1 fully saturated rings. The third-order valence-electron chi connectivity index (χ3n) is 4.86. The minimum atomic E-state index is -0.135. The van der Waals surface area contributed by atoms with Crippen LogP contribution in [0, 0.1) is 0 Å². The van der Waals surface area contributed by atoms with Gasteiger partial charge >= 0.3 is 0 Å². The normalized spacial score (nSPS) is 18.8. The summed E-state index contributed by atoms with van der Waals surface area (Å²) in [4.78, 5) is 19.1. The van der Waals surface area contributed by atoms with Crippen molar-refractivity contribution < 1.29 is 4.79 Å². The van der Waals surface area contributed by atoms with E-state index in [9.17, 15) is 4.79 Å². The maximum Gasteiger partial charge on any atom is 0.244 e. The van der Waals surface area contributed by atoms with E-state index < -0.39 is 0 Å². The molecule has 1 aromatic carbocycles. The standard InChI is InChI=1S/C21H21N5OS/c1-25-13-7-11-17(25)20-19(16-10-5-6-12-22-16)24-21(28)26(20)14-18(27)23-15-8-3-2-4-9-15/h2-13,19-20H,14H2,1H3,(H,23,27)(H,24,28)/t19-,20-/m1/s1. The Kier molecular flexibility index (Phi) is 5.08. The average Bonchev–Trinajstić information content (AvgIpc) is 3.26. The largest absolute Gasteiger partial charge is 0.353 e. The fourth-order valence-electron chi connectivity index (χ4n) is 3.56. The summed E-state index contributed by atoms with van der Waals surface area (Å²) in [5.74, 6) is -0.115. The molecule has 1 aliphatic heterocycles. The van der Waals surface area contributed by atoms with Gasteiger partial charge in [0.25, 0.3) is 0 Å². The molecular weight excluding hydrogens is 370 g/mol. The van der Waals surface area contributed by atoms with Crippen molar-refractivity contribution >= 4 is 28.9 Å². The summed E-state index contributed by atoms with van der Waals surface area (Å²) in [7, 11) is 1.99. The number of aryl methyl sites for hydroxylation is 1. The number of benzene rings is 1. The van der Waals surface area contributed by atoms with Gasteiger partial charge in [0, 0.05) is 30.8 Å². The Morgan fingerprint density at radius 1 is 1.14 bits per heavy atom. The Balaban J connectivity index is 1.62. The number of carbonyl (C=O) groups is 1. The topological polar surface area (TPSA) is 62.2 Å². The molecule has 1 saturated heterocycles. The highest BCUT2D eigenvalue weighted by Crippen LogP contribution is 2.38. The van der Waals surface area contributed by atoms with Crippen LogP contribution in [0.15, 0.2) is 73.1 Å². The quantitative estimate of drug-likeness (QED) is 0.655. The Hall–Kier alpha value is -3.19. The number of aromatic nitrogens is 2. The number of hydrogen-bond acceptors (Lipinski definition) is 3. The van der Waals surface area contributed by atoms with E-state index in [0.717, 1.165) is 17.1 Å². The Morgan fingerprint density at radius 3 is 2.61 bits per heavy atom. The van der Waals surface area contributed by atoms with Gasteiger partial charge in [0.05, 0.1) is 17.8 Å². The first-order valence-electron chi connectivity index (χ1n) is 9.07. The first kappa shape index (κ1) is 18.2. The van der Waals surface area contributed by atoms with Crippen molar-refractivity contribution in [1.82, 2.24) is 19.8 Å². The fourth-order valence-corrected chi connectivity index (χ4v) is 3.86. The molecule has 4 rings (SSSR count). The molecular formula is C21H21N5OS. The van der Waals surface area contributed by atoms with Gasteiger partial charge in [-0.2, -0.15) is 0 Å². The lowest BCUT2D eigenvalue weighted by Gasteiger charge is -2.27. The molecule has 1 amide bonds. The van der Waals surface area contributed by atoms with Gasteiger partial charge in [0.2, 0.25) is 5.91 Å². The summed E-state index contributed by atoms with van der Waals surface area (Å²) < 4.78 is 2.05. The van der Waals surface area contributed by atoms with Crippen LogP contribution < -0.4 is 10.6 Å². The van der Waals surface area contributed by atoms with Crippen molar-refractivity contribution in [2.45, 2.75) is 12.1 Å². The molecule has 7 heteroatoms. The molecule has 142 valence electrons. The lowest BCUT2D eigenvalue weighted by molar-refractivity contribution is -0.116. The molecule has 2 aromatic heterocycles. The lowest BCUT2D eigenvalue weighted by Crippen LogP contribution is -2.37. The summed E-state index contributed by atoms with van der Waals surface area (Å²) >= 11 is 5.59. The minimum absolute atomic E-state index is 0.115. The molecule has 3 aromatic rings. The molecule has 0 saturated carbocycles. The Morgan fingerprint density at radius 2 is 1.93 bits per heavy atom. The number of nitrogens with zero attached hydrogens (tertiary/aromatic N) is 3. The van der Waals surface area contributed by atoms with Crippen LogP contribution >= 0.6 is 12.2 Å².